The number of ether oxygens (including phenoxy) is 1. The molecule has 5 heteroatoms. The van der Waals surface area contributed by atoms with Crippen LogP contribution in [-0.4, -0.2) is 11.2 Å². The van der Waals surface area contributed by atoms with Crippen molar-refractivity contribution < 1.29 is 26.7 Å². The van der Waals surface area contributed by atoms with E-state index >= 15 is 0 Å². The Morgan fingerprint density at radius 3 is 3.00 bits per heavy atom. The molecule has 0 aromatic carbocycles. The number of hydrogen-bond donors (Lipinski definition) is 0. The van der Waals surface area contributed by atoms with Crippen LogP contribution in [0.1, 0.15) is 6.92 Å². The number of hydrogen-bond acceptors (Lipinski definition) is 3. The first-order valence-corrected chi connectivity index (χ1v) is 7.35. The van der Waals surface area contributed by atoms with Gasteiger partial charge in [-0.3, -0.25) is 0 Å². The van der Waals surface area contributed by atoms with Crippen molar-refractivity contribution in [1.29, 1.82) is 0 Å². The van der Waals surface area contributed by atoms with Crippen LogP contribution >= 0.6 is 28.3 Å². The monoisotopic (exact) mass is 300 g/mol. The second-order valence-corrected chi connectivity index (χ2v) is 7.72. The Morgan fingerprint density at radius 1 is 1.75 bits per heavy atom. The van der Waals surface area contributed by atoms with Gasteiger partial charge in [-0.15, -0.1) is 17.0 Å². The van der Waals surface area contributed by atoms with Gasteiger partial charge in [-0.25, -0.2) is 0 Å². The number of rotatable bonds is 3. The third-order valence-corrected chi connectivity index (χ3v) is 5.99. The van der Waals surface area contributed by atoms with Crippen LogP contribution in [0.25, 0.3) is 0 Å². The topological polar surface area (TPSA) is 26.3 Å². The summed E-state index contributed by atoms with van der Waals surface area (Å²) in [5.74, 6) is 0. The molecule has 0 aliphatic carbocycles. The van der Waals surface area contributed by atoms with Crippen LogP contribution in [0.4, 0.5) is 4.79 Å². The summed E-state index contributed by atoms with van der Waals surface area (Å²) in [6, 6.07) is 3.99. The molecule has 0 amide bonds. The van der Waals surface area contributed by atoms with Gasteiger partial charge in [-0.05, 0) is 0 Å². The summed E-state index contributed by atoms with van der Waals surface area (Å²) >= 11 is 0.439. The maximum absolute atomic E-state index is 11.0. The van der Waals surface area contributed by atoms with Crippen molar-refractivity contribution in [3.05, 3.63) is 17.5 Å². The van der Waals surface area contributed by atoms with Gasteiger partial charge in [0.05, 0.1) is 0 Å². The SMILES string of the molecule is Br.CCO[C](=O)[Zn][c]1cccs1. The third-order valence-electron chi connectivity index (χ3n) is 1.20. The van der Waals surface area contributed by atoms with E-state index in [1.807, 2.05) is 24.4 Å². The van der Waals surface area contributed by atoms with Gasteiger partial charge < -0.3 is 0 Å². The van der Waals surface area contributed by atoms with Gasteiger partial charge in [0, 0.05) is 0 Å². The third kappa shape index (κ3) is 4.34. The van der Waals surface area contributed by atoms with Crippen molar-refractivity contribution in [1.82, 2.24) is 0 Å². The van der Waals surface area contributed by atoms with E-state index in [0.717, 1.165) is 0 Å². The van der Waals surface area contributed by atoms with Gasteiger partial charge in [0.15, 0.2) is 0 Å². The van der Waals surface area contributed by atoms with E-state index in [0.29, 0.717) is 6.61 Å². The van der Waals surface area contributed by atoms with E-state index in [1.54, 1.807) is 11.3 Å². The molecule has 64 valence electrons. The summed E-state index contributed by atoms with van der Waals surface area (Å²) in [5, 5.41) is 2.00. The number of carbonyl (C=O) groups excluding carboxylic acids is 1. The van der Waals surface area contributed by atoms with Crippen LogP contribution < -0.4 is 3.47 Å². The Kier molecular flexibility index (Phi) is 6.91. The fourth-order valence-electron chi connectivity index (χ4n) is 0.767. The summed E-state index contributed by atoms with van der Waals surface area (Å²) in [7, 11) is 0. The Labute approximate surface area is 93.7 Å². The molecular formula is C7H9BrO2SZn. The van der Waals surface area contributed by atoms with Crippen LogP contribution in [0, 0.1) is 0 Å². The van der Waals surface area contributed by atoms with Crippen molar-refractivity contribution in [3.63, 3.8) is 0 Å². The fourth-order valence-corrected chi connectivity index (χ4v) is 4.85. The molecule has 0 bridgehead atoms. The molecule has 0 N–H and O–H groups in total. The second-order valence-electron chi connectivity index (χ2n) is 2.06. The minimum atomic E-state index is -1.22. The van der Waals surface area contributed by atoms with Gasteiger partial charge in [0.1, 0.15) is 0 Å². The predicted molar refractivity (Wildman–Crippen MR) is 51.3 cm³/mol. The Hall–Kier alpha value is 0.273. The molecule has 1 aromatic rings. The zero-order chi connectivity index (χ0) is 8.10. The van der Waals surface area contributed by atoms with Crippen LogP contribution in [0.15, 0.2) is 17.5 Å². The van der Waals surface area contributed by atoms with E-state index in [4.69, 9.17) is 4.74 Å². The maximum atomic E-state index is 11.0. The summed E-state index contributed by atoms with van der Waals surface area (Å²) in [6.45, 7) is 2.35. The summed E-state index contributed by atoms with van der Waals surface area (Å²) in [6.07, 6.45) is 0. The van der Waals surface area contributed by atoms with E-state index in [-0.39, 0.29) is 21.5 Å². The molecule has 1 aromatic heterocycles. The van der Waals surface area contributed by atoms with Crippen LogP contribution in [-0.2, 0) is 21.9 Å². The number of carbonyl (C=O) groups is 1. The van der Waals surface area contributed by atoms with Crippen molar-refractivity contribution in [2.45, 2.75) is 6.92 Å². The number of halogens is 1. The van der Waals surface area contributed by atoms with Gasteiger partial charge in [-0.1, -0.05) is 0 Å². The molecule has 0 aliphatic rings. The molecule has 1 heterocycles. The molecule has 0 aliphatic heterocycles. The van der Waals surface area contributed by atoms with Crippen molar-refractivity contribution in [3.8, 4) is 0 Å². The molecule has 0 saturated carbocycles. The zero-order valence-electron chi connectivity index (χ0n) is 6.78. The summed E-state index contributed by atoms with van der Waals surface area (Å²) < 4.78 is 6.16. The van der Waals surface area contributed by atoms with Crippen LogP contribution in [0.3, 0.4) is 0 Å². The van der Waals surface area contributed by atoms with Crippen molar-refractivity contribution >= 4 is 36.4 Å². The Bertz CT molecular complexity index is 225. The minimum absolute atomic E-state index is 0. The predicted octanol–water partition coefficient (Wildman–Crippen LogP) is 2.19. The summed E-state index contributed by atoms with van der Waals surface area (Å²) in [5.41, 5.74) is 0. The van der Waals surface area contributed by atoms with E-state index < -0.39 is 17.1 Å². The van der Waals surface area contributed by atoms with Gasteiger partial charge >= 0.3 is 77.1 Å². The van der Waals surface area contributed by atoms with Crippen LogP contribution in [0.2, 0.25) is 0 Å². The fraction of sp³-hybridized carbons (Fsp3) is 0.286. The average Bonchev–Trinajstić information content (AvgIpc) is 2.40. The van der Waals surface area contributed by atoms with Crippen molar-refractivity contribution in [2.75, 3.05) is 6.61 Å². The molecule has 0 radical (unpaired) electrons. The van der Waals surface area contributed by atoms with E-state index in [9.17, 15) is 4.79 Å². The average molecular weight is 303 g/mol. The first-order valence-electron chi connectivity index (χ1n) is 3.51. The molecule has 0 spiro atoms. The standard InChI is InChI=1S/C4H3S.C3H5O2.BrH.Zn/c1-2-4-5-3-1;1-2-5-3-4;;/h1-3H;2H2,1H3;1H;. The van der Waals surface area contributed by atoms with Gasteiger partial charge in [0.25, 0.3) is 0 Å². The summed E-state index contributed by atoms with van der Waals surface area (Å²) in [4.78, 5) is 11.0. The molecule has 0 atom stereocenters. The molecule has 1 rings (SSSR count). The second kappa shape index (κ2) is 6.75. The van der Waals surface area contributed by atoms with Gasteiger partial charge in [0.2, 0.25) is 0 Å². The van der Waals surface area contributed by atoms with Crippen LogP contribution in [0.5, 0.6) is 0 Å². The van der Waals surface area contributed by atoms with E-state index in [1.165, 1.54) is 3.47 Å². The zero-order valence-corrected chi connectivity index (χ0v) is 12.3. The normalized spacial score (nSPS) is 8.08. The molecule has 0 saturated heterocycles. The number of thiophene rings is 1. The first-order chi connectivity index (χ1) is 5.33. The molecule has 12 heavy (non-hydrogen) atoms. The Balaban J connectivity index is 0.00000121. The van der Waals surface area contributed by atoms with Crippen molar-refractivity contribution in [2.24, 2.45) is 0 Å². The molecular weight excluding hydrogens is 293 g/mol. The molecule has 0 unspecified atom stereocenters. The molecule has 0 fully saturated rings. The van der Waals surface area contributed by atoms with Gasteiger partial charge in [-0.2, -0.15) is 0 Å². The first kappa shape index (κ1) is 12.3. The van der Waals surface area contributed by atoms with E-state index in [2.05, 4.69) is 0 Å². The molecule has 2 nitrogen and oxygen atoms in total. The Morgan fingerprint density at radius 2 is 2.50 bits per heavy atom. The quantitative estimate of drug-likeness (QED) is 0.800.